The van der Waals surface area contributed by atoms with Crippen LogP contribution in [0.3, 0.4) is 0 Å². The molecular weight excluding hydrogens is 258 g/mol. The molecule has 6 heteroatoms. The Morgan fingerprint density at radius 1 is 1.55 bits per heavy atom. The lowest BCUT2D eigenvalue weighted by Gasteiger charge is -2.38. The Hall–Kier alpha value is -1.82. The van der Waals surface area contributed by atoms with Crippen molar-refractivity contribution in [3.63, 3.8) is 0 Å². The summed E-state index contributed by atoms with van der Waals surface area (Å²) in [6.07, 6.45) is 5.18. The molecule has 108 valence electrons. The van der Waals surface area contributed by atoms with Gasteiger partial charge in [0.15, 0.2) is 0 Å². The number of carbonyl (C=O) groups excluding carboxylic acids is 1. The highest BCUT2D eigenvalue weighted by Crippen LogP contribution is 2.33. The number of nitrogens with zero attached hydrogens (tertiary/aromatic N) is 2. The Morgan fingerprint density at radius 2 is 2.40 bits per heavy atom. The molecule has 1 aliphatic heterocycles. The van der Waals surface area contributed by atoms with Crippen LogP contribution in [0.2, 0.25) is 0 Å². The quantitative estimate of drug-likeness (QED) is 0.819. The third-order valence-corrected chi connectivity index (χ3v) is 4.10. The van der Waals surface area contributed by atoms with E-state index in [9.17, 15) is 4.79 Å². The van der Waals surface area contributed by atoms with E-state index in [4.69, 9.17) is 15.2 Å². The van der Waals surface area contributed by atoms with Gasteiger partial charge in [-0.2, -0.15) is 0 Å². The van der Waals surface area contributed by atoms with Crippen LogP contribution in [-0.4, -0.2) is 43.4 Å². The first-order chi connectivity index (χ1) is 9.70. The SMILES string of the molecule is COC(=O)c1cc(N2CCOC3CCCC32)ncc1N. The molecule has 1 saturated carbocycles. The molecule has 2 fully saturated rings. The molecule has 3 rings (SSSR count). The van der Waals surface area contributed by atoms with E-state index in [1.165, 1.54) is 19.7 Å². The Morgan fingerprint density at radius 3 is 3.20 bits per heavy atom. The molecule has 2 N–H and O–H groups in total. The molecular formula is C14H19N3O3. The Labute approximate surface area is 117 Å². The van der Waals surface area contributed by atoms with E-state index in [1.54, 1.807) is 6.07 Å². The molecule has 2 atom stereocenters. The van der Waals surface area contributed by atoms with Crippen LogP contribution in [0.1, 0.15) is 29.6 Å². The summed E-state index contributed by atoms with van der Waals surface area (Å²) < 4.78 is 10.5. The van der Waals surface area contributed by atoms with E-state index >= 15 is 0 Å². The molecule has 2 unspecified atom stereocenters. The first-order valence-electron chi connectivity index (χ1n) is 6.93. The lowest BCUT2D eigenvalue weighted by Crippen LogP contribution is -2.49. The van der Waals surface area contributed by atoms with Gasteiger partial charge in [-0.3, -0.25) is 0 Å². The van der Waals surface area contributed by atoms with Crippen LogP contribution in [0.25, 0.3) is 0 Å². The van der Waals surface area contributed by atoms with Gasteiger partial charge in [-0.05, 0) is 25.3 Å². The molecule has 0 bridgehead atoms. The Kier molecular flexibility index (Phi) is 3.48. The summed E-state index contributed by atoms with van der Waals surface area (Å²) in [4.78, 5) is 18.3. The zero-order chi connectivity index (χ0) is 14.1. The van der Waals surface area contributed by atoms with Gasteiger partial charge in [-0.1, -0.05) is 0 Å². The van der Waals surface area contributed by atoms with Gasteiger partial charge >= 0.3 is 5.97 Å². The molecule has 2 aliphatic rings. The van der Waals surface area contributed by atoms with Crippen molar-refractivity contribution >= 4 is 17.5 Å². The van der Waals surface area contributed by atoms with E-state index in [-0.39, 0.29) is 6.10 Å². The van der Waals surface area contributed by atoms with Gasteiger partial charge in [0.1, 0.15) is 5.82 Å². The van der Waals surface area contributed by atoms with Crippen molar-refractivity contribution in [2.24, 2.45) is 0 Å². The van der Waals surface area contributed by atoms with E-state index < -0.39 is 5.97 Å². The number of pyridine rings is 1. The molecule has 6 nitrogen and oxygen atoms in total. The predicted molar refractivity (Wildman–Crippen MR) is 74.7 cm³/mol. The maximum absolute atomic E-state index is 11.7. The summed E-state index contributed by atoms with van der Waals surface area (Å²) >= 11 is 0. The largest absolute Gasteiger partial charge is 0.465 e. The number of fused-ring (bicyclic) bond motifs is 1. The van der Waals surface area contributed by atoms with Crippen molar-refractivity contribution in [3.05, 3.63) is 17.8 Å². The maximum Gasteiger partial charge on any atom is 0.340 e. The first kappa shape index (κ1) is 13.2. The molecule has 1 aromatic heterocycles. The predicted octanol–water partition coefficient (Wildman–Crippen LogP) is 1.21. The van der Waals surface area contributed by atoms with Gasteiger partial charge in [0, 0.05) is 6.54 Å². The number of hydrogen-bond donors (Lipinski definition) is 1. The van der Waals surface area contributed by atoms with Gasteiger partial charge in [0.25, 0.3) is 0 Å². The summed E-state index contributed by atoms with van der Waals surface area (Å²) in [6.45, 7) is 1.49. The fraction of sp³-hybridized carbons (Fsp3) is 0.571. The van der Waals surface area contributed by atoms with Crippen LogP contribution in [0.4, 0.5) is 11.5 Å². The molecule has 0 amide bonds. The fourth-order valence-electron chi connectivity index (χ4n) is 3.11. The van der Waals surface area contributed by atoms with Crippen LogP contribution in [0, 0.1) is 0 Å². The van der Waals surface area contributed by atoms with Crippen LogP contribution < -0.4 is 10.6 Å². The zero-order valence-corrected chi connectivity index (χ0v) is 11.5. The molecule has 1 aromatic rings. The highest BCUT2D eigenvalue weighted by molar-refractivity contribution is 5.95. The summed E-state index contributed by atoms with van der Waals surface area (Å²) in [7, 11) is 1.35. The molecule has 0 aromatic carbocycles. The number of nitrogens with two attached hydrogens (primary N) is 1. The van der Waals surface area contributed by atoms with Crippen molar-refractivity contribution in [2.45, 2.75) is 31.4 Å². The topological polar surface area (TPSA) is 77.7 Å². The number of methoxy groups -OCH3 is 1. The van der Waals surface area contributed by atoms with Crippen molar-refractivity contribution in [1.29, 1.82) is 0 Å². The number of rotatable bonds is 2. The lowest BCUT2D eigenvalue weighted by molar-refractivity contribution is 0.0253. The first-order valence-corrected chi connectivity index (χ1v) is 6.93. The van der Waals surface area contributed by atoms with Crippen molar-refractivity contribution in [1.82, 2.24) is 4.98 Å². The number of esters is 1. The minimum Gasteiger partial charge on any atom is -0.465 e. The van der Waals surface area contributed by atoms with Crippen molar-refractivity contribution < 1.29 is 14.3 Å². The monoisotopic (exact) mass is 277 g/mol. The van der Waals surface area contributed by atoms with Crippen LogP contribution in [0.5, 0.6) is 0 Å². The normalized spacial score (nSPS) is 25.4. The third-order valence-electron chi connectivity index (χ3n) is 4.10. The zero-order valence-electron chi connectivity index (χ0n) is 11.5. The maximum atomic E-state index is 11.7. The Balaban J connectivity index is 1.91. The molecule has 1 saturated heterocycles. The van der Waals surface area contributed by atoms with Gasteiger partial charge in [0.2, 0.25) is 0 Å². The highest BCUT2D eigenvalue weighted by Gasteiger charge is 2.36. The van der Waals surface area contributed by atoms with Crippen LogP contribution in [0.15, 0.2) is 12.3 Å². The summed E-state index contributed by atoms with van der Waals surface area (Å²) in [5.74, 6) is 0.349. The van der Waals surface area contributed by atoms with E-state index in [0.29, 0.717) is 23.9 Å². The van der Waals surface area contributed by atoms with Gasteiger partial charge in [-0.15, -0.1) is 0 Å². The number of morpholine rings is 1. The minimum absolute atomic E-state index is 0.282. The second-order valence-electron chi connectivity index (χ2n) is 5.22. The number of nitrogen functional groups attached to an aromatic ring is 1. The second kappa shape index (κ2) is 5.28. The highest BCUT2D eigenvalue weighted by atomic mass is 16.5. The molecule has 0 spiro atoms. The van der Waals surface area contributed by atoms with Gasteiger partial charge in [0.05, 0.1) is 43.3 Å². The van der Waals surface area contributed by atoms with Crippen molar-refractivity contribution in [2.75, 3.05) is 30.9 Å². The minimum atomic E-state index is -0.428. The molecule has 2 heterocycles. The number of carbonyl (C=O) groups is 1. The number of aromatic nitrogens is 1. The fourth-order valence-corrected chi connectivity index (χ4v) is 3.11. The molecule has 0 radical (unpaired) electrons. The average Bonchev–Trinajstić information content (AvgIpc) is 2.95. The standard InChI is InChI=1S/C14H19N3O3/c1-19-14(18)9-7-13(16-8-10(9)15)17-5-6-20-12-4-2-3-11(12)17/h7-8,11-12H,2-6,15H2,1H3. The summed E-state index contributed by atoms with van der Waals surface area (Å²) in [6, 6.07) is 2.08. The lowest BCUT2D eigenvalue weighted by atomic mass is 10.1. The van der Waals surface area contributed by atoms with Crippen LogP contribution >= 0.6 is 0 Å². The van der Waals surface area contributed by atoms with Gasteiger partial charge < -0.3 is 20.1 Å². The second-order valence-corrected chi connectivity index (χ2v) is 5.22. The van der Waals surface area contributed by atoms with Crippen LogP contribution in [-0.2, 0) is 9.47 Å². The molecule has 20 heavy (non-hydrogen) atoms. The van der Waals surface area contributed by atoms with E-state index in [2.05, 4.69) is 9.88 Å². The summed E-state index contributed by atoms with van der Waals surface area (Å²) in [5, 5.41) is 0. The number of hydrogen-bond acceptors (Lipinski definition) is 6. The smallest absolute Gasteiger partial charge is 0.340 e. The average molecular weight is 277 g/mol. The number of anilines is 2. The van der Waals surface area contributed by atoms with E-state index in [1.807, 2.05) is 0 Å². The number of ether oxygens (including phenoxy) is 2. The molecule has 1 aliphatic carbocycles. The van der Waals surface area contributed by atoms with Crippen molar-refractivity contribution in [3.8, 4) is 0 Å². The summed E-state index contributed by atoms with van der Waals surface area (Å²) in [5.41, 5.74) is 6.51. The third kappa shape index (κ3) is 2.20. The van der Waals surface area contributed by atoms with E-state index in [0.717, 1.165) is 25.2 Å². The Bertz CT molecular complexity index is 520. The van der Waals surface area contributed by atoms with Gasteiger partial charge in [-0.25, -0.2) is 9.78 Å².